The van der Waals surface area contributed by atoms with E-state index in [4.69, 9.17) is 0 Å². The normalized spacial score (nSPS) is 10.9. The molecule has 3 heteroatoms. The molecule has 3 rings (SSSR count). The molecular weight excluding hydrogens is 284 g/mol. The molecule has 1 amide bonds. The maximum Gasteiger partial charge on any atom is 0.251 e. The van der Waals surface area contributed by atoms with Crippen LogP contribution in [-0.4, -0.2) is 17.0 Å². The van der Waals surface area contributed by atoms with Crippen molar-refractivity contribution in [3.05, 3.63) is 70.9 Å². The number of carbonyl (C=O) groups excluding carboxylic acids is 1. The van der Waals surface area contributed by atoms with Gasteiger partial charge in [0.25, 0.3) is 5.91 Å². The fourth-order valence-electron chi connectivity index (χ4n) is 3.13. The molecule has 3 aromatic rings. The SMILES string of the molecule is Cc1cc(C)cc(C(=O)NCCn2c(C)cc3ccccc32)c1. The van der Waals surface area contributed by atoms with E-state index in [1.807, 2.05) is 38.1 Å². The Labute approximate surface area is 136 Å². The number of aryl methyl sites for hydroxylation is 3. The molecule has 1 aromatic heterocycles. The minimum absolute atomic E-state index is 0.00841. The second-order valence-corrected chi connectivity index (χ2v) is 6.13. The number of fused-ring (bicyclic) bond motifs is 1. The van der Waals surface area contributed by atoms with Crippen LogP contribution < -0.4 is 5.32 Å². The van der Waals surface area contributed by atoms with E-state index in [0.717, 1.165) is 23.2 Å². The highest BCUT2D eigenvalue weighted by molar-refractivity contribution is 5.94. The average molecular weight is 306 g/mol. The molecule has 1 heterocycles. The summed E-state index contributed by atoms with van der Waals surface area (Å²) in [6, 6.07) is 16.5. The standard InChI is InChI=1S/C20H22N2O/c1-14-10-15(2)12-18(11-14)20(23)21-8-9-22-16(3)13-17-6-4-5-7-19(17)22/h4-7,10-13H,8-9H2,1-3H3,(H,21,23). The van der Waals surface area contributed by atoms with E-state index in [1.165, 1.54) is 16.6 Å². The smallest absolute Gasteiger partial charge is 0.251 e. The second kappa shape index (κ2) is 6.29. The lowest BCUT2D eigenvalue weighted by Crippen LogP contribution is -2.27. The summed E-state index contributed by atoms with van der Waals surface area (Å²) in [5.74, 6) is -0.00841. The average Bonchev–Trinajstić information content (AvgIpc) is 2.82. The van der Waals surface area contributed by atoms with Gasteiger partial charge in [-0.25, -0.2) is 0 Å². The molecule has 0 aliphatic carbocycles. The second-order valence-electron chi connectivity index (χ2n) is 6.13. The third kappa shape index (κ3) is 3.29. The van der Waals surface area contributed by atoms with Gasteiger partial charge in [-0.3, -0.25) is 4.79 Å². The summed E-state index contributed by atoms with van der Waals surface area (Å²) in [5, 5.41) is 4.27. The third-order valence-electron chi connectivity index (χ3n) is 4.12. The molecule has 0 aliphatic rings. The largest absolute Gasteiger partial charge is 0.350 e. The number of amides is 1. The zero-order valence-corrected chi connectivity index (χ0v) is 13.9. The number of hydrogen-bond acceptors (Lipinski definition) is 1. The Morgan fingerprint density at radius 1 is 1.00 bits per heavy atom. The topological polar surface area (TPSA) is 34.0 Å². The van der Waals surface area contributed by atoms with Crippen molar-refractivity contribution in [1.82, 2.24) is 9.88 Å². The lowest BCUT2D eigenvalue weighted by atomic mass is 10.1. The van der Waals surface area contributed by atoms with E-state index in [0.29, 0.717) is 6.54 Å². The quantitative estimate of drug-likeness (QED) is 0.777. The summed E-state index contributed by atoms with van der Waals surface area (Å²) in [4.78, 5) is 12.3. The summed E-state index contributed by atoms with van der Waals surface area (Å²) in [7, 11) is 0. The minimum Gasteiger partial charge on any atom is -0.350 e. The fourth-order valence-corrected chi connectivity index (χ4v) is 3.13. The van der Waals surface area contributed by atoms with Crippen molar-refractivity contribution >= 4 is 16.8 Å². The van der Waals surface area contributed by atoms with E-state index in [9.17, 15) is 4.79 Å². The molecule has 3 nitrogen and oxygen atoms in total. The molecule has 23 heavy (non-hydrogen) atoms. The van der Waals surface area contributed by atoms with Gasteiger partial charge in [-0.15, -0.1) is 0 Å². The number of para-hydroxylation sites is 1. The first-order valence-electron chi connectivity index (χ1n) is 7.96. The van der Waals surface area contributed by atoms with Crippen LogP contribution in [0.3, 0.4) is 0 Å². The van der Waals surface area contributed by atoms with Crippen LogP contribution >= 0.6 is 0 Å². The first-order chi connectivity index (χ1) is 11.0. The van der Waals surface area contributed by atoms with Gasteiger partial charge in [-0.2, -0.15) is 0 Å². The molecule has 0 bridgehead atoms. The summed E-state index contributed by atoms with van der Waals surface area (Å²) in [5.41, 5.74) is 5.39. The highest BCUT2D eigenvalue weighted by Gasteiger charge is 2.08. The van der Waals surface area contributed by atoms with Crippen molar-refractivity contribution in [3.8, 4) is 0 Å². The Kier molecular flexibility index (Phi) is 4.20. The molecule has 0 radical (unpaired) electrons. The molecular formula is C20H22N2O. The van der Waals surface area contributed by atoms with Crippen LogP contribution in [0.4, 0.5) is 0 Å². The van der Waals surface area contributed by atoms with Gasteiger partial charge in [-0.1, -0.05) is 35.4 Å². The third-order valence-corrected chi connectivity index (χ3v) is 4.12. The van der Waals surface area contributed by atoms with Crippen molar-refractivity contribution in [2.24, 2.45) is 0 Å². The highest BCUT2D eigenvalue weighted by atomic mass is 16.1. The van der Waals surface area contributed by atoms with Gasteiger partial charge in [0.15, 0.2) is 0 Å². The summed E-state index contributed by atoms with van der Waals surface area (Å²) >= 11 is 0. The number of aromatic nitrogens is 1. The first-order valence-corrected chi connectivity index (χ1v) is 7.96. The molecule has 0 atom stereocenters. The number of hydrogen-bond donors (Lipinski definition) is 1. The Morgan fingerprint density at radius 2 is 1.70 bits per heavy atom. The Hall–Kier alpha value is -2.55. The van der Waals surface area contributed by atoms with Crippen LogP contribution in [0.1, 0.15) is 27.2 Å². The number of carbonyl (C=O) groups is 1. The maximum absolute atomic E-state index is 12.3. The zero-order chi connectivity index (χ0) is 16.4. The van der Waals surface area contributed by atoms with Crippen molar-refractivity contribution in [2.75, 3.05) is 6.54 Å². The van der Waals surface area contributed by atoms with Crippen molar-refractivity contribution in [2.45, 2.75) is 27.3 Å². The highest BCUT2D eigenvalue weighted by Crippen LogP contribution is 2.18. The summed E-state index contributed by atoms with van der Waals surface area (Å²) in [6.45, 7) is 7.52. The monoisotopic (exact) mass is 306 g/mol. The van der Waals surface area contributed by atoms with Gasteiger partial charge >= 0.3 is 0 Å². The molecule has 1 N–H and O–H groups in total. The summed E-state index contributed by atoms with van der Waals surface area (Å²) in [6.07, 6.45) is 0. The number of nitrogens with zero attached hydrogens (tertiary/aromatic N) is 1. The molecule has 0 fully saturated rings. The molecule has 0 unspecified atom stereocenters. The van der Waals surface area contributed by atoms with Crippen LogP contribution in [-0.2, 0) is 6.54 Å². The van der Waals surface area contributed by atoms with Gasteiger partial charge in [0.2, 0.25) is 0 Å². The minimum atomic E-state index is -0.00841. The molecule has 118 valence electrons. The zero-order valence-electron chi connectivity index (χ0n) is 13.9. The molecule has 2 aromatic carbocycles. The van der Waals surface area contributed by atoms with Crippen LogP contribution in [0.5, 0.6) is 0 Å². The van der Waals surface area contributed by atoms with Gasteiger partial charge < -0.3 is 9.88 Å². The van der Waals surface area contributed by atoms with E-state index in [1.54, 1.807) is 0 Å². The molecule has 0 spiro atoms. The first kappa shape index (κ1) is 15.3. The Balaban J connectivity index is 1.69. The van der Waals surface area contributed by atoms with Crippen LogP contribution in [0.2, 0.25) is 0 Å². The van der Waals surface area contributed by atoms with E-state index < -0.39 is 0 Å². The molecule has 0 saturated carbocycles. The lowest BCUT2D eigenvalue weighted by Gasteiger charge is -2.10. The predicted molar refractivity (Wildman–Crippen MR) is 94.9 cm³/mol. The van der Waals surface area contributed by atoms with Crippen LogP contribution in [0, 0.1) is 20.8 Å². The van der Waals surface area contributed by atoms with Gasteiger partial charge in [0, 0.05) is 29.9 Å². The maximum atomic E-state index is 12.3. The van der Waals surface area contributed by atoms with Crippen molar-refractivity contribution in [3.63, 3.8) is 0 Å². The van der Waals surface area contributed by atoms with E-state index >= 15 is 0 Å². The van der Waals surface area contributed by atoms with Crippen LogP contribution in [0.25, 0.3) is 10.9 Å². The van der Waals surface area contributed by atoms with Crippen LogP contribution in [0.15, 0.2) is 48.5 Å². The van der Waals surface area contributed by atoms with Gasteiger partial charge in [-0.05, 0) is 50.4 Å². The lowest BCUT2D eigenvalue weighted by molar-refractivity contribution is 0.0952. The van der Waals surface area contributed by atoms with Crippen molar-refractivity contribution < 1.29 is 4.79 Å². The number of nitrogens with one attached hydrogen (secondary N) is 1. The Bertz CT molecular complexity index is 841. The van der Waals surface area contributed by atoms with Crippen molar-refractivity contribution in [1.29, 1.82) is 0 Å². The van der Waals surface area contributed by atoms with E-state index in [2.05, 4.69) is 41.1 Å². The fraction of sp³-hybridized carbons (Fsp3) is 0.250. The molecule has 0 aliphatic heterocycles. The van der Waals surface area contributed by atoms with Gasteiger partial charge in [0.05, 0.1) is 0 Å². The predicted octanol–water partition coefficient (Wildman–Crippen LogP) is 4.00. The Morgan fingerprint density at radius 3 is 2.43 bits per heavy atom. The number of benzene rings is 2. The molecule has 0 saturated heterocycles. The van der Waals surface area contributed by atoms with Gasteiger partial charge in [0.1, 0.15) is 0 Å². The van der Waals surface area contributed by atoms with E-state index in [-0.39, 0.29) is 5.91 Å². The number of rotatable bonds is 4. The summed E-state index contributed by atoms with van der Waals surface area (Å²) < 4.78 is 2.25.